The van der Waals surface area contributed by atoms with Gasteiger partial charge in [-0.15, -0.1) is 11.3 Å². The Balaban J connectivity index is 1.93. The minimum atomic E-state index is -0.155. The number of thiazole rings is 1. The molecule has 0 aliphatic carbocycles. The second-order valence-electron chi connectivity index (χ2n) is 5.02. The van der Waals surface area contributed by atoms with E-state index in [4.69, 9.17) is 21.1 Å². The average molecular weight is 339 g/mol. The van der Waals surface area contributed by atoms with Crippen molar-refractivity contribution >= 4 is 34.5 Å². The Labute approximate surface area is 137 Å². The lowest BCUT2D eigenvalue weighted by Crippen LogP contribution is -2.42. The molecule has 116 valence electrons. The third-order valence-electron chi connectivity index (χ3n) is 3.26. The highest BCUT2D eigenvalue weighted by Crippen LogP contribution is 2.36. The standard InChI is InChI=1S/C15H15ClN2O3S/c1-9-6-18(12-5-10(16)3-4-13(12)21-9)15(19)11-8-22-14(17-11)7-20-2/h3-5,8-9H,6-7H2,1-2H3. The van der Waals surface area contributed by atoms with Crippen LogP contribution in [0.5, 0.6) is 5.75 Å². The largest absolute Gasteiger partial charge is 0.487 e. The molecule has 0 N–H and O–H groups in total. The molecule has 7 heteroatoms. The molecule has 0 saturated heterocycles. The van der Waals surface area contributed by atoms with Crippen LogP contribution in [0.1, 0.15) is 22.4 Å². The van der Waals surface area contributed by atoms with Gasteiger partial charge in [-0.05, 0) is 25.1 Å². The fourth-order valence-electron chi connectivity index (χ4n) is 2.34. The van der Waals surface area contributed by atoms with Crippen LogP contribution < -0.4 is 9.64 Å². The summed E-state index contributed by atoms with van der Waals surface area (Å²) in [7, 11) is 1.60. The van der Waals surface area contributed by atoms with Crippen molar-refractivity contribution < 1.29 is 14.3 Å². The molecule has 0 saturated carbocycles. The number of hydrogen-bond acceptors (Lipinski definition) is 5. The normalized spacial score (nSPS) is 17.0. The second kappa shape index (κ2) is 6.24. The molecule has 22 heavy (non-hydrogen) atoms. The first-order chi connectivity index (χ1) is 10.6. The van der Waals surface area contributed by atoms with Crippen molar-refractivity contribution in [3.63, 3.8) is 0 Å². The van der Waals surface area contributed by atoms with E-state index in [1.54, 1.807) is 35.6 Å². The van der Waals surface area contributed by atoms with Gasteiger partial charge in [0.05, 0.1) is 18.8 Å². The van der Waals surface area contributed by atoms with Gasteiger partial charge in [-0.2, -0.15) is 0 Å². The van der Waals surface area contributed by atoms with Gasteiger partial charge in [-0.25, -0.2) is 4.98 Å². The van der Waals surface area contributed by atoms with Crippen molar-refractivity contribution in [2.45, 2.75) is 19.6 Å². The molecular formula is C15H15ClN2O3S. The Bertz CT molecular complexity index is 704. The van der Waals surface area contributed by atoms with Crippen LogP contribution in [0.3, 0.4) is 0 Å². The van der Waals surface area contributed by atoms with Gasteiger partial charge >= 0.3 is 0 Å². The summed E-state index contributed by atoms with van der Waals surface area (Å²) in [4.78, 5) is 18.8. The zero-order chi connectivity index (χ0) is 15.7. The number of carbonyl (C=O) groups excluding carboxylic acids is 1. The second-order valence-corrected chi connectivity index (χ2v) is 6.39. The molecule has 0 fully saturated rings. The van der Waals surface area contributed by atoms with Crippen molar-refractivity contribution in [1.82, 2.24) is 4.98 Å². The predicted octanol–water partition coefficient (Wildman–Crippen LogP) is 3.37. The number of methoxy groups -OCH3 is 1. The lowest BCUT2D eigenvalue weighted by Gasteiger charge is -2.33. The van der Waals surface area contributed by atoms with E-state index >= 15 is 0 Å². The summed E-state index contributed by atoms with van der Waals surface area (Å²) in [5.41, 5.74) is 1.09. The Kier molecular flexibility index (Phi) is 4.33. The van der Waals surface area contributed by atoms with Crippen LogP contribution in [0.15, 0.2) is 23.6 Å². The maximum atomic E-state index is 12.8. The van der Waals surface area contributed by atoms with E-state index < -0.39 is 0 Å². The monoisotopic (exact) mass is 338 g/mol. The Morgan fingerprint density at radius 3 is 3.18 bits per heavy atom. The Morgan fingerprint density at radius 2 is 2.41 bits per heavy atom. The number of ether oxygens (including phenoxy) is 2. The lowest BCUT2D eigenvalue weighted by molar-refractivity contribution is 0.0956. The molecular weight excluding hydrogens is 324 g/mol. The van der Waals surface area contributed by atoms with Crippen molar-refractivity contribution in [1.29, 1.82) is 0 Å². The van der Waals surface area contributed by atoms with Gasteiger partial charge in [0.25, 0.3) is 5.91 Å². The summed E-state index contributed by atoms with van der Waals surface area (Å²) in [6.45, 7) is 2.79. The summed E-state index contributed by atoms with van der Waals surface area (Å²) >= 11 is 7.46. The minimum absolute atomic E-state index is 0.0882. The number of carbonyl (C=O) groups is 1. The number of hydrogen-bond donors (Lipinski definition) is 0. The quantitative estimate of drug-likeness (QED) is 0.861. The van der Waals surface area contributed by atoms with Gasteiger partial charge in [0, 0.05) is 17.5 Å². The lowest BCUT2D eigenvalue weighted by atomic mass is 10.2. The molecule has 3 rings (SSSR count). The maximum absolute atomic E-state index is 12.8. The topological polar surface area (TPSA) is 51.7 Å². The van der Waals surface area contributed by atoms with E-state index in [0.717, 1.165) is 5.01 Å². The van der Waals surface area contributed by atoms with Crippen LogP contribution in [0.2, 0.25) is 5.02 Å². The predicted molar refractivity (Wildman–Crippen MR) is 86.0 cm³/mol. The molecule has 1 atom stereocenters. The summed E-state index contributed by atoms with van der Waals surface area (Å²) in [5, 5.41) is 3.09. The number of aromatic nitrogens is 1. The third kappa shape index (κ3) is 2.95. The van der Waals surface area contributed by atoms with E-state index in [1.807, 2.05) is 6.92 Å². The van der Waals surface area contributed by atoms with Crippen molar-refractivity contribution in [3.8, 4) is 5.75 Å². The number of nitrogens with zero attached hydrogens (tertiary/aromatic N) is 2. The molecule has 2 aromatic rings. The molecule has 1 unspecified atom stereocenters. The molecule has 1 aromatic carbocycles. The molecule has 1 amide bonds. The van der Waals surface area contributed by atoms with E-state index in [2.05, 4.69) is 4.98 Å². The molecule has 0 bridgehead atoms. The van der Waals surface area contributed by atoms with Crippen molar-refractivity contribution in [3.05, 3.63) is 39.3 Å². The van der Waals surface area contributed by atoms with Gasteiger partial charge in [-0.1, -0.05) is 11.6 Å². The Morgan fingerprint density at radius 1 is 1.59 bits per heavy atom. The first-order valence-corrected chi connectivity index (χ1v) is 8.05. The zero-order valence-electron chi connectivity index (χ0n) is 12.2. The highest BCUT2D eigenvalue weighted by Gasteiger charge is 2.29. The maximum Gasteiger partial charge on any atom is 0.277 e. The minimum Gasteiger partial charge on any atom is -0.487 e. The van der Waals surface area contributed by atoms with E-state index in [0.29, 0.717) is 35.3 Å². The molecule has 1 aromatic heterocycles. The SMILES string of the molecule is COCc1nc(C(=O)N2CC(C)Oc3ccc(Cl)cc32)cs1. The smallest absolute Gasteiger partial charge is 0.277 e. The van der Waals surface area contributed by atoms with Gasteiger partial charge in [0.15, 0.2) is 0 Å². The molecule has 0 radical (unpaired) electrons. The number of halogens is 1. The first-order valence-electron chi connectivity index (χ1n) is 6.80. The van der Waals surface area contributed by atoms with E-state index in [-0.39, 0.29) is 12.0 Å². The fraction of sp³-hybridized carbons (Fsp3) is 0.333. The Hall–Kier alpha value is -1.63. The number of amides is 1. The van der Waals surface area contributed by atoms with Crippen LogP contribution >= 0.6 is 22.9 Å². The van der Waals surface area contributed by atoms with Crippen molar-refractivity contribution in [2.75, 3.05) is 18.6 Å². The summed E-state index contributed by atoms with van der Waals surface area (Å²) < 4.78 is 10.8. The van der Waals surface area contributed by atoms with Gasteiger partial charge < -0.3 is 9.47 Å². The number of anilines is 1. The van der Waals surface area contributed by atoms with Gasteiger partial charge in [0.1, 0.15) is 22.6 Å². The first kappa shape index (κ1) is 15.3. The summed E-state index contributed by atoms with van der Waals surface area (Å²) in [5.74, 6) is 0.501. The van der Waals surface area contributed by atoms with Gasteiger partial charge in [-0.3, -0.25) is 9.69 Å². The van der Waals surface area contributed by atoms with E-state index in [1.165, 1.54) is 11.3 Å². The molecule has 0 spiro atoms. The van der Waals surface area contributed by atoms with Crippen LogP contribution in [0.25, 0.3) is 0 Å². The highest BCUT2D eigenvalue weighted by molar-refractivity contribution is 7.09. The molecule has 2 heterocycles. The highest BCUT2D eigenvalue weighted by atomic mass is 35.5. The van der Waals surface area contributed by atoms with Crippen molar-refractivity contribution in [2.24, 2.45) is 0 Å². The zero-order valence-corrected chi connectivity index (χ0v) is 13.8. The van der Waals surface area contributed by atoms with Crippen LogP contribution in [-0.2, 0) is 11.3 Å². The van der Waals surface area contributed by atoms with Crippen LogP contribution in [-0.4, -0.2) is 30.6 Å². The number of benzene rings is 1. The fourth-order valence-corrected chi connectivity index (χ4v) is 3.24. The number of rotatable bonds is 3. The van der Waals surface area contributed by atoms with E-state index in [9.17, 15) is 4.79 Å². The summed E-state index contributed by atoms with van der Waals surface area (Å²) in [6.07, 6.45) is -0.0882. The van der Waals surface area contributed by atoms with Gasteiger partial charge in [0.2, 0.25) is 0 Å². The molecule has 5 nitrogen and oxygen atoms in total. The average Bonchev–Trinajstić information content (AvgIpc) is 2.95. The number of fused-ring (bicyclic) bond motifs is 1. The summed E-state index contributed by atoms with van der Waals surface area (Å²) in [6, 6.07) is 5.27. The molecule has 1 aliphatic rings. The molecule has 1 aliphatic heterocycles. The van der Waals surface area contributed by atoms with Crippen LogP contribution in [0.4, 0.5) is 5.69 Å². The third-order valence-corrected chi connectivity index (χ3v) is 4.32. The van der Waals surface area contributed by atoms with Crippen LogP contribution in [0, 0.1) is 0 Å².